The molecule has 4 heteroatoms. The minimum absolute atomic E-state index is 0.343. The van der Waals surface area contributed by atoms with Gasteiger partial charge < -0.3 is 19.4 Å². The fourth-order valence-electron chi connectivity index (χ4n) is 2.13. The maximum absolute atomic E-state index is 10.7. The summed E-state index contributed by atoms with van der Waals surface area (Å²) in [5.41, 5.74) is 2.18. The van der Waals surface area contributed by atoms with Crippen molar-refractivity contribution in [3.05, 3.63) is 29.3 Å². The molecule has 1 aliphatic heterocycles. The first kappa shape index (κ1) is 16.7. The van der Waals surface area contributed by atoms with Crippen LogP contribution in [0.2, 0.25) is 0 Å². The summed E-state index contributed by atoms with van der Waals surface area (Å²) >= 11 is 0. The molecule has 0 spiro atoms. The second-order valence-electron chi connectivity index (χ2n) is 4.75. The lowest BCUT2D eigenvalue weighted by molar-refractivity contribution is -0.176. The van der Waals surface area contributed by atoms with E-state index in [2.05, 4.69) is 0 Å². The normalized spacial score (nSPS) is 25.4. The summed E-state index contributed by atoms with van der Waals surface area (Å²) in [5.74, 6) is 0.726. The summed E-state index contributed by atoms with van der Waals surface area (Å²) in [6.07, 6.45) is -0.256. The lowest BCUT2D eigenvalue weighted by Crippen LogP contribution is -2.39. The van der Waals surface area contributed by atoms with Gasteiger partial charge in [-0.15, -0.1) is 0 Å². The van der Waals surface area contributed by atoms with E-state index in [0.29, 0.717) is 19.1 Å². The lowest BCUT2D eigenvalue weighted by Gasteiger charge is -2.30. The molecular weight excluding hydrogens is 256 g/mol. The van der Waals surface area contributed by atoms with Gasteiger partial charge in [0.05, 0.1) is 6.10 Å². The quantitative estimate of drug-likeness (QED) is 0.865. The van der Waals surface area contributed by atoms with E-state index in [1.165, 1.54) is 0 Å². The van der Waals surface area contributed by atoms with Gasteiger partial charge in [-0.2, -0.15) is 0 Å². The Kier molecular flexibility index (Phi) is 6.68. The van der Waals surface area contributed by atoms with Crippen LogP contribution in [0, 0.1) is 13.8 Å². The third-order valence-corrected chi connectivity index (χ3v) is 3.04. The van der Waals surface area contributed by atoms with Gasteiger partial charge in [-0.25, -0.2) is 0 Å². The van der Waals surface area contributed by atoms with E-state index >= 15 is 0 Å². The number of rotatable bonds is 3. The highest BCUT2D eigenvalue weighted by atomic mass is 16.7. The molecular formula is C16H24O4. The number of carbonyl (C=O) groups excluding carboxylic acids is 1. The van der Waals surface area contributed by atoms with E-state index in [4.69, 9.17) is 9.47 Å². The summed E-state index contributed by atoms with van der Waals surface area (Å²) in [6, 6.07) is 5.86. The minimum atomic E-state index is -0.579. The largest absolute Gasteiger partial charge is 0.465 e. The number of benzene rings is 1. The number of aldehydes is 1. The van der Waals surface area contributed by atoms with Crippen molar-refractivity contribution in [2.45, 2.75) is 59.0 Å². The van der Waals surface area contributed by atoms with Gasteiger partial charge >= 0.3 is 0 Å². The lowest BCUT2D eigenvalue weighted by atomic mass is 10.1. The average molecular weight is 280 g/mol. The zero-order valence-electron chi connectivity index (χ0n) is 12.6. The predicted molar refractivity (Wildman–Crippen MR) is 77.9 cm³/mol. The number of ether oxygens (including phenoxy) is 2. The zero-order valence-corrected chi connectivity index (χ0v) is 12.6. The number of hydrogen-bond acceptors (Lipinski definition) is 4. The molecule has 0 aromatic heterocycles. The molecule has 0 saturated carbocycles. The van der Waals surface area contributed by atoms with Crippen LogP contribution in [0.25, 0.3) is 0 Å². The Morgan fingerprint density at radius 2 is 2.00 bits per heavy atom. The molecule has 1 saturated heterocycles. The molecule has 112 valence electrons. The molecule has 4 nitrogen and oxygen atoms in total. The Morgan fingerprint density at radius 3 is 2.60 bits per heavy atom. The first-order chi connectivity index (χ1) is 9.58. The van der Waals surface area contributed by atoms with Crippen LogP contribution in [0.1, 0.15) is 37.8 Å². The standard InChI is InChI=1S/C14H18O4.C2H6/c1-9-3-4-13(10(2)5-9)18-14-7-11(16)6-12(8-15)17-14;1-2/h3-5,8,11-12,14,16H,6-7H2,1-2H3;1-2H3. The van der Waals surface area contributed by atoms with Crippen molar-refractivity contribution in [3.63, 3.8) is 0 Å². The van der Waals surface area contributed by atoms with Crippen LogP contribution in [-0.4, -0.2) is 29.9 Å². The van der Waals surface area contributed by atoms with E-state index in [1.807, 2.05) is 45.9 Å². The Labute approximate surface area is 120 Å². The van der Waals surface area contributed by atoms with Crippen LogP contribution in [0.3, 0.4) is 0 Å². The van der Waals surface area contributed by atoms with E-state index in [9.17, 15) is 9.90 Å². The van der Waals surface area contributed by atoms with Crippen molar-refractivity contribution in [2.24, 2.45) is 0 Å². The summed E-state index contributed by atoms with van der Waals surface area (Å²) in [6.45, 7) is 7.97. The van der Waals surface area contributed by atoms with Gasteiger partial charge in [0, 0.05) is 12.8 Å². The van der Waals surface area contributed by atoms with Crippen molar-refractivity contribution in [1.29, 1.82) is 0 Å². The monoisotopic (exact) mass is 280 g/mol. The smallest absolute Gasteiger partial charge is 0.203 e. The Morgan fingerprint density at radius 1 is 1.30 bits per heavy atom. The van der Waals surface area contributed by atoms with Gasteiger partial charge in [0.25, 0.3) is 0 Å². The van der Waals surface area contributed by atoms with Crippen molar-refractivity contribution in [2.75, 3.05) is 0 Å². The zero-order chi connectivity index (χ0) is 15.1. The molecule has 3 atom stereocenters. The molecule has 20 heavy (non-hydrogen) atoms. The number of hydrogen-bond donors (Lipinski definition) is 1. The molecule has 3 unspecified atom stereocenters. The molecule has 1 fully saturated rings. The van der Waals surface area contributed by atoms with E-state index in [0.717, 1.165) is 16.9 Å². The Bertz CT molecular complexity index is 430. The molecule has 1 aromatic rings. The van der Waals surface area contributed by atoms with Crippen molar-refractivity contribution in [3.8, 4) is 5.75 Å². The molecule has 2 rings (SSSR count). The number of carbonyl (C=O) groups is 1. The fourth-order valence-corrected chi connectivity index (χ4v) is 2.13. The molecule has 1 aliphatic rings. The van der Waals surface area contributed by atoms with Crippen molar-refractivity contribution < 1.29 is 19.4 Å². The highest BCUT2D eigenvalue weighted by Crippen LogP contribution is 2.25. The first-order valence-corrected chi connectivity index (χ1v) is 7.11. The van der Waals surface area contributed by atoms with Gasteiger partial charge in [0.1, 0.15) is 18.1 Å². The number of aliphatic hydroxyl groups excluding tert-OH is 1. The highest BCUT2D eigenvalue weighted by molar-refractivity contribution is 5.56. The summed E-state index contributed by atoms with van der Waals surface area (Å²) in [7, 11) is 0. The van der Waals surface area contributed by atoms with Gasteiger partial charge in [0.2, 0.25) is 6.29 Å². The number of aliphatic hydroxyl groups is 1. The Hall–Kier alpha value is -1.39. The molecule has 0 radical (unpaired) electrons. The second kappa shape index (κ2) is 8.02. The molecule has 0 bridgehead atoms. The Balaban J connectivity index is 0.000000956. The summed E-state index contributed by atoms with van der Waals surface area (Å²) < 4.78 is 11.1. The first-order valence-electron chi connectivity index (χ1n) is 7.11. The number of aryl methyl sites for hydroxylation is 2. The van der Waals surface area contributed by atoms with Crippen molar-refractivity contribution in [1.82, 2.24) is 0 Å². The SMILES string of the molecule is CC.Cc1ccc(OC2CC(O)CC(C=O)O2)c(C)c1. The molecule has 1 aromatic carbocycles. The van der Waals surface area contributed by atoms with E-state index in [-0.39, 0.29) is 0 Å². The summed E-state index contributed by atoms with van der Waals surface area (Å²) in [5, 5.41) is 9.65. The van der Waals surface area contributed by atoms with Crippen LogP contribution in [0.15, 0.2) is 18.2 Å². The third-order valence-electron chi connectivity index (χ3n) is 3.04. The highest BCUT2D eigenvalue weighted by Gasteiger charge is 2.29. The van der Waals surface area contributed by atoms with Gasteiger partial charge in [0.15, 0.2) is 0 Å². The molecule has 1 N–H and O–H groups in total. The van der Waals surface area contributed by atoms with E-state index in [1.54, 1.807) is 0 Å². The summed E-state index contributed by atoms with van der Waals surface area (Å²) in [4.78, 5) is 10.7. The minimum Gasteiger partial charge on any atom is -0.465 e. The van der Waals surface area contributed by atoms with Gasteiger partial charge in [-0.05, 0) is 25.5 Å². The van der Waals surface area contributed by atoms with Crippen LogP contribution < -0.4 is 4.74 Å². The van der Waals surface area contributed by atoms with Crippen LogP contribution in [-0.2, 0) is 9.53 Å². The van der Waals surface area contributed by atoms with E-state index < -0.39 is 18.5 Å². The van der Waals surface area contributed by atoms with Crippen LogP contribution in [0.5, 0.6) is 5.75 Å². The maximum atomic E-state index is 10.7. The fraction of sp³-hybridized carbons (Fsp3) is 0.562. The van der Waals surface area contributed by atoms with Gasteiger partial charge in [-0.1, -0.05) is 31.5 Å². The predicted octanol–water partition coefficient (Wildman–Crippen LogP) is 2.77. The van der Waals surface area contributed by atoms with Crippen molar-refractivity contribution >= 4 is 6.29 Å². The average Bonchev–Trinajstić information content (AvgIpc) is 2.43. The molecule has 0 amide bonds. The second-order valence-corrected chi connectivity index (χ2v) is 4.75. The van der Waals surface area contributed by atoms with Crippen LogP contribution in [0.4, 0.5) is 0 Å². The third kappa shape index (κ3) is 4.62. The molecule has 0 aliphatic carbocycles. The topological polar surface area (TPSA) is 55.8 Å². The molecule has 1 heterocycles. The maximum Gasteiger partial charge on any atom is 0.203 e. The van der Waals surface area contributed by atoms with Gasteiger partial charge in [-0.3, -0.25) is 0 Å². The van der Waals surface area contributed by atoms with Crippen LogP contribution >= 0.6 is 0 Å².